The molecule has 0 saturated heterocycles. The van der Waals surface area contributed by atoms with E-state index in [4.69, 9.17) is 17.0 Å². The van der Waals surface area contributed by atoms with Crippen LogP contribution in [0.4, 0.5) is 5.69 Å². The van der Waals surface area contributed by atoms with Gasteiger partial charge in [0.1, 0.15) is 0 Å². The van der Waals surface area contributed by atoms with E-state index in [0.29, 0.717) is 17.9 Å². The number of carbonyl (C=O) groups is 2. The molecule has 0 aliphatic heterocycles. The Morgan fingerprint density at radius 2 is 1.77 bits per heavy atom. The Kier molecular flexibility index (Phi) is 7.29. The molecule has 2 N–H and O–H groups in total. The van der Waals surface area contributed by atoms with Crippen LogP contribution in [0.5, 0.6) is 0 Å². The molecule has 2 aromatic rings. The number of carbonyl (C=O) groups excluding carboxylic acids is 2. The molecule has 136 valence electrons. The summed E-state index contributed by atoms with van der Waals surface area (Å²) in [6.45, 7) is 4.30. The van der Waals surface area contributed by atoms with E-state index in [0.717, 1.165) is 17.5 Å². The fraction of sp³-hybridized carbons (Fsp3) is 0.250. The van der Waals surface area contributed by atoms with Crippen LogP contribution in [0.25, 0.3) is 0 Å². The molecule has 0 saturated carbocycles. The summed E-state index contributed by atoms with van der Waals surface area (Å²) in [6.07, 6.45) is 1.04. The fourth-order valence-electron chi connectivity index (χ4n) is 2.28. The number of aryl methyl sites for hydroxylation is 1. The topological polar surface area (TPSA) is 67.4 Å². The molecule has 0 unspecified atom stereocenters. The number of hydrogen-bond acceptors (Lipinski definition) is 4. The minimum Gasteiger partial charge on any atom is -0.462 e. The van der Waals surface area contributed by atoms with E-state index in [1.165, 1.54) is 0 Å². The van der Waals surface area contributed by atoms with Crippen LogP contribution in [0.2, 0.25) is 0 Å². The van der Waals surface area contributed by atoms with Crippen molar-refractivity contribution < 1.29 is 14.3 Å². The molecule has 0 aliphatic carbocycles. The standard InChI is InChI=1S/C20H22N2O3S/c1-3-12-25-19(24)15-8-10-17(11-9-15)21-20(26)22-18(23)13-16-7-5-4-6-14(16)2/h4-11H,3,12-13H2,1-2H3,(H2,21,22,23,26). The van der Waals surface area contributed by atoms with E-state index in [-0.39, 0.29) is 23.4 Å². The van der Waals surface area contributed by atoms with Crippen molar-refractivity contribution in [2.45, 2.75) is 26.7 Å². The molecule has 0 atom stereocenters. The number of anilines is 1. The van der Waals surface area contributed by atoms with E-state index in [2.05, 4.69) is 10.6 Å². The molecular formula is C20H22N2O3S. The summed E-state index contributed by atoms with van der Waals surface area (Å²) in [5, 5.41) is 5.80. The average Bonchev–Trinajstić information content (AvgIpc) is 2.62. The molecule has 0 fully saturated rings. The second-order valence-corrected chi connectivity index (χ2v) is 6.23. The number of benzene rings is 2. The number of nitrogens with one attached hydrogen (secondary N) is 2. The first-order valence-corrected chi connectivity index (χ1v) is 8.83. The van der Waals surface area contributed by atoms with Crippen LogP contribution in [-0.2, 0) is 16.0 Å². The number of thiocarbonyl (C=S) groups is 1. The van der Waals surface area contributed by atoms with Crippen LogP contribution in [-0.4, -0.2) is 23.6 Å². The maximum atomic E-state index is 12.1. The lowest BCUT2D eigenvalue weighted by atomic mass is 10.1. The quantitative estimate of drug-likeness (QED) is 0.600. The van der Waals surface area contributed by atoms with Crippen LogP contribution in [0, 0.1) is 6.92 Å². The molecule has 1 amide bonds. The van der Waals surface area contributed by atoms with Gasteiger partial charge < -0.3 is 15.4 Å². The number of esters is 1. The Morgan fingerprint density at radius 3 is 2.42 bits per heavy atom. The molecule has 0 heterocycles. The highest BCUT2D eigenvalue weighted by atomic mass is 32.1. The maximum Gasteiger partial charge on any atom is 0.338 e. The van der Waals surface area contributed by atoms with Crippen LogP contribution >= 0.6 is 12.2 Å². The fourth-order valence-corrected chi connectivity index (χ4v) is 2.51. The first kappa shape index (κ1) is 19.6. The van der Waals surface area contributed by atoms with Gasteiger partial charge in [-0.05, 0) is 61.0 Å². The monoisotopic (exact) mass is 370 g/mol. The van der Waals surface area contributed by atoms with Crippen molar-refractivity contribution in [3.63, 3.8) is 0 Å². The minimum atomic E-state index is -0.354. The van der Waals surface area contributed by atoms with Gasteiger partial charge in [-0.25, -0.2) is 4.79 Å². The molecule has 0 radical (unpaired) electrons. The van der Waals surface area contributed by atoms with Crippen molar-refractivity contribution in [2.75, 3.05) is 11.9 Å². The van der Waals surface area contributed by atoms with Gasteiger partial charge in [-0.15, -0.1) is 0 Å². The Bertz CT molecular complexity index is 788. The molecule has 2 aromatic carbocycles. The summed E-state index contributed by atoms with van der Waals surface area (Å²) < 4.78 is 5.07. The first-order chi connectivity index (χ1) is 12.5. The highest BCUT2D eigenvalue weighted by Gasteiger charge is 2.09. The molecule has 26 heavy (non-hydrogen) atoms. The lowest BCUT2D eigenvalue weighted by Gasteiger charge is -2.11. The van der Waals surface area contributed by atoms with Crippen molar-refractivity contribution >= 4 is 34.9 Å². The van der Waals surface area contributed by atoms with Crippen molar-refractivity contribution in [1.29, 1.82) is 0 Å². The van der Waals surface area contributed by atoms with Gasteiger partial charge in [-0.3, -0.25) is 4.79 Å². The number of ether oxygens (including phenoxy) is 1. The van der Waals surface area contributed by atoms with Crippen LogP contribution in [0.1, 0.15) is 34.8 Å². The highest BCUT2D eigenvalue weighted by Crippen LogP contribution is 2.11. The van der Waals surface area contributed by atoms with E-state index >= 15 is 0 Å². The predicted octanol–water partition coefficient (Wildman–Crippen LogP) is 3.62. The summed E-state index contributed by atoms with van der Waals surface area (Å²) in [6, 6.07) is 14.4. The molecule has 6 heteroatoms. The SMILES string of the molecule is CCCOC(=O)c1ccc(NC(=S)NC(=O)Cc2ccccc2C)cc1. The maximum absolute atomic E-state index is 12.1. The number of amides is 1. The van der Waals surface area contributed by atoms with Crippen molar-refractivity contribution in [2.24, 2.45) is 0 Å². The van der Waals surface area contributed by atoms with Gasteiger partial charge in [0.15, 0.2) is 5.11 Å². The first-order valence-electron chi connectivity index (χ1n) is 8.42. The van der Waals surface area contributed by atoms with E-state index in [9.17, 15) is 9.59 Å². The number of hydrogen-bond donors (Lipinski definition) is 2. The molecule has 0 spiro atoms. The van der Waals surface area contributed by atoms with Crippen molar-refractivity contribution in [1.82, 2.24) is 5.32 Å². The van der Waals surface area contributed by atoms with Gasteiger partial charge in [0.05, 0.1) is 18.6 Å². The summed E-state index contributed by atoms with van der Waals surface area (Å²) in [7, 11) is 0. The minimum absolute atomic E-state index is 0.184. The molecule has 0 aliphatic rings. The van der Waals surface area contributed by atoms with Gasteiger partial charge in [0.25, 0.3) is 0 Å². The van der Waals surface area contributed by atoms with Gasteiger partial charge in [0, 0.05) is 5.69 Å². The summed E-state index contributed by atoms with van der Waals surface area (Å²) in [4.78, 5) is 23.9. The Hall–Kier alpha value is -2.73. The third-order valence-electron chi connectivity index (χ3n) is 3.68. The van der Waals surface area contributed by atoms with Crippen molar-refractivity contribution in [3.05, 3.63) is 65.2 Å². The molecule has 0 bridgehead atoms. The highest BCUT2D eigenvalue weighted by molar-refractivity contribution is 7.80. The van der Waals surface area contributed by atoms with Crippen LogP contribution in [0.15, 0.2) is 48.5 Å². The smallest absolute Gasteiger partial charge is 0.338 e. The van der Waals surface area contributed by atoms with E-state index < -0.39 is 0 Å². The van der Waals surface area contributed by atoms with Gasteiger partial charge >= 0.3 is 5.97 Å². The third kappa shape index (κ3) is 5.97. The molecule has 0 aromatic heterocycles. The second-order valence-electron chi connectivity index (χ2n) is 5.82. The molecule has 5 nitrogen and oxygen atoms in total. The van der Waals surface area contributed by atoms with Gasteiger partial charge in [-0.2, -0.15) is 0 Å². The zero-order chi connectivity index (χ0) is 18.9. The normalized spacial score (nSPS) is 10.1. The summed E-state index contributed by atoms with van der Waals surface area (Å²) in [5.74, 6) is -0.538. The van der Waals surface area contributed by atoms with E-state index in [1.54, 1.807) is 24.3 Å². The lowest BCUT2D eigenvalue weighted by molar-refractivity contribution is -0.119. The average molecular weight is 370 g/mol. The predicted molar refractivity (Wildman–Crippen MR) is 106 cm³/mol. The lowest BCUT2D eigenvalue weighted by Crippen LogP contribution is -2.35. The van der Waals surface area contributed by atoms with E-state index in [1.807, 2.05) is 38.1 Å². The van der Waals surface area contributed by atoms with Crippen LogP contribution in [0.3, 0.4) is 0 Å². The summed E-state index contributed by atoms with van der Waals surface area (Å²) >= 11 is 5.17. The number of rotatable bonds is 6. The zero-order valence-corrected chi connectivity index (χ0v) is 15.7. The Morgan fingerprint density at radius 1 is 1.08 bits per heavy atom. The third-order valence-corrected chi connectivity index (χ3v) is 3.89. The largest absolute Gasteiger partial charge is 0.462 e. The Labute approximate surface area is 158 Å². The zero-order valence-electron chi connectivity index (χ0n) is 14.9. The van der Waals surface area contributed by atoms with Gasteiger partial charge in [-0.1, -0.05) is 31.2 Å². The Balaban J connectivity index is 1.86. The van der Waals surface area contributed by atoms with Crippen LogP contribution < -0.4 is 10.6 Å². The second kappa shape index (κ2) is 9.68. The van der Waals surface area contributed by atoms with Gasteiger partial charge in [0.2, 0.25) is 5.91 Å². The molecule has 2 rings (SSSR count). The molecular weight excluding hydrogens is 348 g/mol. The van der Waals surface area contributed by atoms with Crippen molar-refractivity contribution in [3.8, 4) is 0 Å². The summed E-state index contributed by atoms with van der Waals surface area (Å²) in [5.41, 5.74) is 3.17.